The van der Waals surface area contributed by atoms with Crippen LogP contribution in [0, 0.1) is 13.8 Å². The fourth-order valence-electron chi connectivity index (χ4n) is 3.48. The van der Waals surface area contributed by atoms with Gasteiger partial charge in [0.05, 0.1) is 12.8 Å². The van der Waals surface area contributed by atoms with Crippen molar-refractivity contribution in [1.82, 2.24) is 24.6 Å². The molecular formula is C24H21N7O2S. The Hall–Kier alpha value is -4.31. The van der Waals surface area contributed by atoms with Gasteiger partial charge in [0.25, 0.3) is 11.9 Å². The van der Waals surface area contributed by atoms with Gasteiger partial charge in [-0.3, -0.25) is 10.1 Å². The van der Waals surface area contributed by atoms with Gasteiger partial charge in [-0.25, -0.2) is 14.5 Å². The molecule has 0 aliphatic rings. The van der Waals surface area contributed by atoms with Crippen LogP contribution in [0.25, 0.3) is 16.2 Å². The van der Waals surface area contributed by atoms with Gasteiger partial charge in [0, 0.05) is 33.6 Å². The molecular weight excluding hydrogens is 450 g/mol. The first-order valence-electron chi connectivity index (χ1n) is 10.5. The molecule has 9 nitrogen and oxygen atoms in total. The number of methoxy groups -OCH3 is 1. The van der Waals surface area contributed by atoms with Crippen molar-refractivity contribution in [3.05, 3.63) is 76.9 Å². The van der Waals surface area contributed by atoms with Gasteiger partial charge in [-0.05, 0) is 68.4 Å². The summed E-state index contributed by atoms with van der Waals surface area (Å²) in [4.78, 5) is 26.6. The molecule has 0 radical (unpaired) electrons. The van der Waals surface area contributed by atoms with Gasteiger partial charge in [0.15, 0.2) is 0 Å². The molecule has 2 N–H and O–H groups in total. The number of nitrogens with one attached hydrogen (secondary N) is 2. The molecule has 0 aliphatic carbocycles. The van der Waals surface area contributed by atoms with Crippen molar-refractivity contribution >= 4 is 39.8 Å². The summed E-state index contributed by atoms with van der Waals surface area (Å²) in [5.41, 5.74) is 4.90. The number of fused-ring (bicyclic) bond motifs is 1. The molecule has 0 aliphatic heterocycles. The van der Waals surface area contributed by atoms with Crippen molar-refractivity contribution in [3.63, 3.8) is 0 Å². The SMILES string of the molecule is COc1ccc(-c2csc3nc(NC(=O)c4ccc(Nc5nc(C)cc(C)n5)cc4)nn23)cc1. The number of amides is 1. The number of anilines is 3. The van der Waals surface area contributed by atoms with Crippen LogP contribution in [-0.4, -0.2) is 37.6 Å². The van der Waals surface area contributed by atoms with Crippen LogP contribution < -0.4 is 15.4 Å². The number of hydrogen-bond donors (Lipinski definition) is 2. The Bertz CT molecular complexity index is 1450. The molecule has 5 rings (SSSR count). The van der Waals surface area contributed by atoms with Crippen LogP contribution in [-0.2, 0) is 0 Å². The standard InChI is InChI=1S/C24H21N7O2S/c1-14-12-15(2)26-22(25-14)27-18-8-4-17(5-9-18)21(32)28-23-29-24-31(30-23)20(13-34-24)16-6-10-19(33-3)11-7-16/h4-13H,1-3H3,(H,25,26,27)(H,28,30,32). The summed E-state index contributed by atoms with van der Waals surface area (Å²) in [7, 11) is 1.63. The quantitative estimate of drug-likeness (QED) is 0.364. The Balaban J connectivity index is 1.30. The minimum atomic E-state index is -0.293. The second-order valence-electron chi connectivity index (χ2n) is 7.61. The third-order valence-electron chi connectivity index (χ3n) is 5.08. The minimum absolute atomic E-state index is 0.248. The largest absolute Gasteiger partial charge is 0.497 e. The maximum atomic E-state index is 12.7. The highest BCUT2D eigenvalue weighted by atomic mass is 32.1. The lowest BCUT2D eigenvalue weighted by Gasteiger charge is -2.07. The zero-order valence-corrected chi connectivity index (χ0v) is 19.6. The van der Waals surface area contributed by atoms with Crippen LogP contribution in [0.15, 0.2) is 60.0 Å². The lowest BCUT2D eigenvalue weighted by Crippen LogP contribution is -2.13. The van der Waals surface area contributed by atoms with Crippen LogP contribution >= 0.6 is 11.3 Å². The molecule has 1 amide bonds. The number of carbonyl (C=O) groups is 1. The highest BCUT2D eigenvalue weighted by Crippen LogP contribution is 2.27. The smallest absolute Gasteiger partial charge is 0.258 e. The van der Waals surface area contributed by atoms with E-state index in [-0.39, 0.29) is 11.9 Å². The summed E-state index contributed by atoms with van der Waals surface area (Å²) < 4.78 is 6.94. The van der Waals surface area contributed by atoms with E-state index in [9.17, 15) is 4.79 Å². The van der Waals surface area contributed by atoms with E-state index in [2.05, 4.69) is 30.7 Å². The van der Waals surface area contributed by atoms with E-state index in [1.54, 1.807) is 35.9 Å². The molecule has 170 valence electrons. The number of ether oxygens (including phenoxy) is 1. The van der Waals surface area contributed by atoms with Gasteiger partial charge in [0.2, 0.25) is 10.9 Å². The summed E-state index contributed by atoms with van der Waals surface area (Å²) in [6.07, 6.45) is 0. The van der Waals surface area contributed by atoms with E-state index in [0.29, 0.717) is 16.5 Å². The average molecular weight is 472 g/mol. The predicted octanol–water partition coefficient (Wildman–Crippen LogP) is 4.87. The first kappa shape index (κ1) is 21.5. The number of aromatic nitrogens is 5. The van der Waals surface area contributed by atoms with Crippen LogP contribution in [0.3, 0.4) is 0 Å². The Morgan fingerprint density at radius 1 is 0.941 bits per heavy atom. The molecule has 0 saturated heterocycles. The van der Waals surface area contributed by atoms with Crippen molar-refractivity contribution in [2.75, 3.05) is 17.7 Å². The van der Waals surface area contributed by atoms with E-state index >= 15 is 0 Å². The molecule has 10 heteroatoms. The summed E-state index contributed by atoms with van der Waals surface area (Å²) in [6.45, 7) is 3.84. The molecule has 0 saturated carbocycles. The number of benzene rings is 2. The predicted molar refractivity (Wildman–Crippen MR) is 132 cm³/mol. The number of carbonyl (C=O) groups excluding carboxylic acids is 1. The minimum Gasteiger partial charge on any atom is -0.497 e. The molecule has 34 heavy (non-hydrogen) atoms. The number of nitrogens with zero attached hydrogens (tertiary/aromatic N) is 5. The van der Waals surface area contributed by atoms with Crippen molar-refractivity contribution in [2.45, 2.75) is 13.8 Å². The second kappa shape index (κ2) is 8.91. The third kappa shape index (κ3) is 4.44. The molecule has 0 spiro atoms. The fraction of sp³-hybridized carbons (Fsp3) is 0.125. The summed E-state index contributed by atoms with van der Waals surface area (Å²) in [6, 6.07) is 16.7. The molecule has 0 atom stereocenters. The first-order valence-corrected chi connectivity index (χ1v) is 11.4. The van der Waals surface area contributed by atoms with Crippen LogP contribution in [0.5, 0.6) is 5.75 Å². The highest BCUT2D eigenvalue weighted by Gasteiger charge is 2.14. The molecule has 0 unspecified atom stereocenters. The molecule has 0 fully saturated rings. The first-order chi connectivity index (χ1) is 16.5. The molecule has 2 aromatic carbocycles. The Morgan fingerprint density at radius 3 is 2.32 bits per heavy atom. The number of rotatable bonds is 6. The lowest BCUT2D eigenvalue weighted by molar-refractivity contribution is 0.102. The van der Waals surface area contributed by atoms with E-state index in [1.165, 1.54) is 11.3 Å². The summed E-state index contributed by atoms with van der Waals surface area (Å²) in [5.74, 6) is 1.25. The van der Waals surface area contributed by atoms with E-state index in [1.807, 2.05) is 49.6 Å². The Kier molecular flexibility index (Phi) is 5.64. The van der Waals surface area contributed by atoms with Gasteiger partial charge in [-0.2, -0.15) is 4.98 Å². The average Bonchev–Trinajstić information content (AvgIpc) is 3.39. The number of aryl methyl sites for hydroxylation is 2. The normalized spacial score (nSPS) is 10.9. The third-order valence-corrected chi connectivity index (χ3v) is 5.89. The van der Waals surface area contributed by atoms with Gasteiger partial charge in [-0.15, -0.1) is 16.4 Å². The van der Waals surface area contributed by atoms with Gasteiger partial charge < -0.3 is 10.1 Å². The topological polar surface area (TPSA) is 106 Å². The maximum Gasteiger partial charge on any atom is 0.258 e. The van der Waals surface area contributed by atoms with E-state index in [4.69, 9.17) is 4.74 Å². The maximum absolute atomic E-state index is 12.7. The van der Waals surface area contributed by atoms with Crippen LogP contribution in [0.1, 0.15) is 21.7 Å². The Labute approximate surface area is 199 Å². The van der Waals surface area contributed by atoms with Crippen LogP contribution in [0.2, 0.25) is 0 Å². The van der Waals surface area contributed by atoms with Crippen molar-refractivity contribution in [2.24, 2.45) is 0 Å². The van der Waals surface area contributed by atoms with Gasteiger partial charge in [-0.1, -0.05) is 0 Å². The zero-order valence-electron chi connectivity index (χ0n) is 18.7. The lowest BCUT2D eigenvalue weighted by atomic mass is 10.2. The highest BCUT2D eigenvalue weighted by molar-refractivity contribution is 7.15. The Morgan fingerprint density at radius 2 is 1.65 bits per heavy atom. The van der Waals surface area contributed by atoms with Crippen molar-refractivity contribution in [3.8, 4) is 17.0 Å². The van der Waals surface area contributed by atoms with Gasteiger partial charge in [0.1, 0.15) is 5.75 Å². The monoisotopic (exact) mass is 471 g/mol. The fourth-order valence-corrected chi connectivity index (χ4v) is 4.32. The molecule has 3 heterocycles. The van der Waals surface area contributed by atoms with E-state index < -0.39 is 0 Å². The van der Waals surface area contributed by atoms with Crippen LogP contribution in [0.4, 0.5) is 17.6 Å². The second-order valence-corrected chi connectivity index (χ2v) is 8.45. The summed E-state index contributed by atoms with van der Waals surface area (Å²) >= 11 is 1.45. The van der Waals surface area contributed by atoms with E-state index in [0.717, 1.165) is 34.1 Å². The molecule has 3 aromatic heterocycles. The number of hydrogen-bond acceptors (Lipinski definition) is 8. The van der Waals surface area contributed by atoms with Crippen molar-refractivity contribution < 1.29 is 9.53 Å². The van der Waals surface area contributed by atoms with Crippen molar-refractivity contribution in [1.29, 1.82) is 0 Å². The summed E-state index contributed by atoms with van der Waals surface area (Å²) in [5, 5.41) is 12.4. The zero-order chi connectivity index (χ0) is 23.7. The number of thiazole rings is 1. The van der Waals surface area contributed by atoms with Gasteiger partial charge >= 0.3 is 0 Å². The molecule has 0 bridgehead atoms. The molecule has 5 aromatic rings.